The van der Waals surface area contributed by atoms with Crippen molar-refractivity contribution in [2.75, 3.05) is 12.3 Å². The molecule has 8 heteroatoms. The number of sulfonamides is 1. The van der Waals surface area contributed by atoms with Crippen molar-refractivity contribution in [1.29, 1.82) is 0 Å². The van der Waals surface area contributed by atoms with Gasteiger partial charge in [-0.2, -0.15) is 4.31 Å². The molecule has 140 valence electrons. The van der Waals surface area contributed by atoms with E-state index in [4.69, 9.17) is 11.6 Å². The van der Waals surface area contributed by atoms with Crippen LogP contribution in [-0.4, -0.2) is 39.5 Å². The molecule has 1 aliphatic heterocycles. The number of sulfone groups is 1. The molecule has 1 atom stereocenters. The van der Waals surface area contributed by atoms with Crippen molar-refractivity contribution in [1.82, 2.24) is 4.31 Å². The van der Waals surface area contributed by atoms with Crippen LogP contribution < -0.4 is 0 Å². The summed E-state index contributed by atoms with van der Waals surface area (Å²) in [5.74, 6) is -0.226. The predicted molar refractivity (Wildman–Crippen MR) is 102 cm³/mol. The molecule has 0 saturated carbocycles. The van der Waals surface area contributed by atoms with Crippen molar-refractivity contribution in [2.45, 2.75) is 35.6 Å². The van der Waals surface area contributed by atoms with Gasteiger partial charge in [0.05, 0.1) is 15.5 Å². The molecule has 0 spiro atoms. The maximum Gasteiger partial charge on any atom is 0.243 e. The Bertz CT molecular complexity index is 1000. The number of rotatable bonds is 5. The van der Waals surface area contributed by atoms with Crippen molar-refractivity contribution in [3.63, 3.8) is 0 Å². The monoisotopic (exact) mass is 413 g/mol. The van der Waals surface area contributed by atoms with Gasteiger partial charge in [0.1, 0.15) is 0 Å². The fourth-order valence-electron chi connectivity index (χ4n) is 3.26. The van der Waals surface area contributed by atoms with Gasteiger partial charge in [-0.15, -0.1) is 0 Å². The standard InChI is InChI=1S/C18H20ClNO4S2/c1-14-17(19)10-5-11-18(14)26(23,24)20-12-6-7-15(20)13-25(21,22)16-8-3-2-4-9-16/h2-5,8-11,15H,6-7,12-13H2,1H3/t15-/m0/s1. The van der Waals surface area contributed by atoms with E-state index < -0.39 is 25.9 Å². The second-order valence-electron chi connectivity index (χ2n) is 6.37. The summed E-state index contributed by atoms with van der Waals surface area (Å²) in [5, 5.41) is 0.374. The van der Waals surface area contributed by atoms with E-state index in [0.717, 1.165) is 0 Å². The van der Waals surface area contributed by atoms with Crippen molar-refractivity contribution < 1.29 is 16.8 Å². The highest BCUT2D eigenvalue weighted by atomic mass is 35.5. The highest BCUT2D eigenvalue weighted by molar-refractivity contribution is 7.91. The van der Waals surface area contributed by atoms with Crippen LogP contribution in [0, 0.1) is 6.92 Å². The number of benzene rings is 2. The van der Waals surface area contributed by atoms with Gasteiger partial charge in [0.25, 0.3) is 0 Å². The highest BCUT2D eigenvalue weighted by Gasteiger charge is 2.38. The maximum absolute atomic E-state index is 13.1. The van der Waals surface area contributed by atoms with Crippen molar-refractivity contribution >= 4 is 31.5 Å². The van der Waals surface area contributed by atoms with Crippen LogP contribution in [0.5, 0.6) is 0 Å². The molecule has 2 aromatic rings. The van der Waals surface area contributed by atoms with Crippen LogP contribution in [0.3, 0.4) is 0 Å². The lowest BCUT2D eigenvalue weighted by molar-refractivity contribution is 0.407. The first-order chi connectivity index (χ1) is 12.2. The fourth-order valence-corrected chi connectivity index (χ4v) is 7.15. The molecule has 0 unspecified atom stereocenters. The van der Waals surface area contributed by atoms with Gasteiger partial charge in [-0.3, -0.25) is 0 Å². The minimum absolute atomic E-state index is 0.133. The summed E-state index contributed by atoms with van der Waals surface area (Å²) in [7, 11) is -7.38. The average molecular weight is 414 g/mol. The van der Waals surface area contributed by atoms with E-state index in [1.54, 1.807) is 37.3 Å². The molecule has 3 rings (SSSR count). The van der Waals surface area contributed by atoms with E-state index in [1.807, 2.05) is 0 Å². The summed E-state index contributed by atoms with van der Waals surface area (Å²) in [5.41, 5.74) is 0.478. The third-order valence-corrected chi connectivity index (χ3v) is 8.96. The van der Waals surface area contributed by atoms with Crippen LogP contribution in [0.15, 0.2) is 58.3 Å². The van der Waals surface area contributed by atoms with Crippen molar-refractivity contribution in [3.05, 3.63) is 59.1 Å². The number of hydrogen-bond acceptors (Lipinski definition) is 4. The Kier molecular flexibility index (Phi) is 5.44. The van der Waals surface area contributed by atoms with E-state index in [0.29, 0.717) is 30.0 Å². The molecule has 1 aliphatic rings. The Morgan fingerprint density at radius 1 is 1.04 bits per heavy atom. The van der Waals surface area contributed by atoms with Crippen LogP contribution in [0.4, 0.5) is 0 Å². The first kappa shape index (κ1) is 19.4. The molecule has 0 aromatic heterocycles. The van der Waals surface area contributed by atoms with E-state index in [-0.39, 0.29) is 15.5 Å². The second-order valence-corrected chi connectivity index (χ2v) is 10.7. The van der Waals surface area contributed by atoms with E-state index in [1.165, 1.54) is 22.5 Å². The molecule has 1 saturated heterocycles. The van der Waals surface area contributed by atoms with Gasteiger partial charge in [-0.25, -0.2) is 16.8 Å². The summed E-state index contributed by atoms with van der Waals surface area (Å²) < 4.78 is 52.9. The molecule has 1 fully saturated rings. The molecular weight excluding hydrogens is 394 g/mol. The van der Waals surface area contributed by atoms with E-state index >= 15 is 0 Å². The lowest BCUT2D eigenvalue weighted by Crippen LogP contribution is -2.39. The summed E-state index contributed by atoms with van der Waals surface area (Å²) in [6.07, 6.45) is 1.15. The van der Waals surface area contributed by atoms with Gasteiger partial charge in [-0.1, -0.05) is 35.9 Å². The molecule has 1 heterocycles. The molecule has 0 radical (unpaired) electrons. The topological polar surface area (TPSA) is 71.5 Å². The number of halogens is 1. The van der Waals surface area contributed by atoms with Crippen LogP contribution >= 0.6 is 11.6 Å². The first-order valence-corrected chi connectivity index (χ1v) is 11.8. The first-order valence-electron chi connectivity index (χ1n) is 8.28. The van der Waals surface area contributed by atoms with Crippen LogP contribution in [-0.2, 0) is 19.9 Å². The van der Waals surface area contributed by atoms with Gasteiger partial charge in [0, 0.05) is 17.6 Å². The van der Waals surface area contributed by atoms with Crippen LogP contribution in [0.25, 0.3) is 0 Å². The third kappa shape index (κ3) is 3.67. The van der Waals surface area contributed by atoms with Gasteiger partial charge in [0.2, 0.25) is 10.0 Å². The molecule has 0 aliphatic carbocycles. The summed E-state index contributed by atoms with van der Waals surface area (Å²) in [4.78, 5) is 0.345. The van der Waals surface area contributed by atoms with Gasteiger partial charge in [-0.05, 0) is 49.6 Å². The Labute approximate surface area is 159 Å². The molecule has 26 heavy (non-hydrogen) atoms. The highest BCUT2D eigenvalue weighted by Crippen LogP contribution is 2.31. The zero-order chi connectivity index (χ0) is 18.9. The SMILES string of the molecule is Cc1c(Cl)cccc1S(=O)(=O)N1CCC[C@H]1CS(=O)(=O)c1ccccc1. The largest absolute Gasteiger partial charge is 0.243 e. The Morgan fingerprint density at radius 2 is 1.73 bits per heavy atom. The Morgan fingerprint density at radius 3 is 2.42 bits per heavy atom. The molecule has 0 N–H and O–H groups in total. The summed E-state index contributed by atoms with van der Waals surface area (Å²) in [6.45, 7) is 1.96. The molecular formula is C18H20ClNO4S2. The van der Waals surface area contributed by atoms with Gasteiger partial charge in [0.15, 0.2) is 9.84 Å². The van der Waals surface area contributed by atoms with E-state index in [9.17, 15) is 16.8 Å². The zero-order valence-corrected chi connectivity index (χ0v) is 16.7. The number of hydrogen-bond donors (Lipinski definition) is 0. The lowest BCUT2D eigenvalue weighted by atomic mass is 10.2. The zero-order valence-electron chi connectivity index (χ0n) is 14.3. The molecule has 0 amide bonds. The van der Waals surface area contributed by atoms with Crippen LogP contribution in [0.1, 0.15) is 18.4 Å². The fraction of sp³-hybridized carbons (Fsp3) is 0.333. The van der Waals surface area contributed by atoms with Gasteiger partial charge < -0.3 is 0 Å². The van der Waals surface area contributed by atoms with Crippen molar-refractivity contribution in [3.8, 4) is 0 Å². The average Bonchev–Trinajstić information content (AvgIpc) is 3.06. The normalized spacial score (nSPS) is 18.9. The maximum atomic E-state index is 13.1. The smallest absolute Gasteiger partial charge is 0.224 e. The quantitative estimate of drug-likeness (QED) is 0.754. The Hall–Kier alpha value is -1.41. The van der Waals surface area contributed by atoms with Crippen molar-refractivity contribution in [2.24, 2.45) is 0 Å². The minimum atomic E-state index is -3.81. The second kappa shape index (κ2) is 7.31. The molecule has 5 nitrogen and oxygen atoms in total. The predicted octanol–water partition coefficient (Wildman–Crippen LogP) is 3.28. The van der Waals surface area contributed by atoms with Crippen LogP contribution in [0.2, 0.25) is 5.02 Å². The Balaban J connectivity index is 1.92. The third-order valence-electron chi connectivity index (χ3n) is 4.64. The summed E-state index contributed by atoms with van der Waals surface area (Å²) in [6, 6.07) is 12.3. The lowest BCUT2D eigenvalue weighted by Gasteiger charge is -2.25. The molecule has 0 bridgehead atoms. The minimum Gasteiger partial charge on any atom is -0.224 e. The number of nitrogens with zero attached hydrogens (tertiary/aromatic N) is 1. The molecule has 2 aromatic carbocycles. The van der Waals surface area contributed by atoms with E-state index in [2.05, 4.69) is 0 Å². The van der Waals surface area contributed by atoms with Gasteiger partial charge >= 0.3 is 0 Å². The summed E-state index contributed by atoms with van der Waals surface area (Å²) >= 11 is 6.07.